The number of guanidine groups is 1. The summed E-state index contributed by atoms with van der Waals surface area (Å²) < 4.78 is 5.24. The number of phenols is 1. The van der Waals surface area contributed by atoms with Crippen molar-refractivity contribution in [2.24, 2.45) is 28.3 Å². The first-order valence-electron chi connectivity index (χ1n) is 12.6. The highest BCUT2D eigenvalue weighted by Crippen LogP contribution is 2.29. The Balaban J connectivity index is 2.09. The van der Waals surface area contributed by atoms with Gasteiger partial charge in [0, 0.05) is 24.1 Å². The Morgan fingerprint density at radius 2 is 1.84 bits per heavy atom. The number of nitrogens with zero attached hydrogens (tertiary/aromatic N) is 1. The Kier molecular flexibility index (Phi) is 10.8. The first kappa shape index (κ1) is 30.7. The SMILES string of the molecule is Cc1c(O)cccc1C(=O)N[C@H](C(=O)C[C@@H](CO)C(=O)N[C@@H](CCCN=C(N)N)C(=O)[C@@]1(C)CO1)C(C)C. The Bertz CT molecular complexity index is 1060. The van der Waals surface area contributed by atoms with Crippen molar-refractivity contribution in [3.05, 3.63) is 29.3 Å². The van der Waals surface area contributed by atoms with Crippen molar-refractivity contribution in [2.45, 2.75) is 64.6 Å². The standard InChI is InChI=1S/C26H39N5O7/c1-14(2)21(31-24(37)17-7-5-9-19(33)15(17)3)20(34)11-16(12-32)23(36)30-18(8-6-10-29-25(27)28)22(35)26(4)13-38-26/h5,7,9,14,16,18,21,32-33H,6,8,10-13H2,1-4H3,(H,30,36)(H,31,37)(H4,27,28,29)/t16-,18-,21-,26+/m0/s1. The lowest BCUT2D eigenvalue weighted by Crippen LogP contribution is -2.50. The van der Waals surface area contributed by atoms with Gasteiger partial charge in [0.15, 0.2) is 17.5 Å². The first-order valence-corrected chi connectivity index (χ1v) is 12.6. The van der Waals surface area contributed by atoms with E-state index in [1.165, 1.54) is 18.2 Å². The molecule has 8 N–H and O–H groups in total. The molecule has 12 nitrogen and oxygen atoms in total. The molecule has 210 valence electrons. The molecule has 1 fully saturated rings. The zero-order chi connectivity index (χ0) is 28.6. The quantitative estimate of drug-likeness (QED) is 0.0769. The third-order valence-corrected chi connectivity index (χ3v) is 6.57. The van der Waals surface area contributed by atoms with Crippen LogP contribution in [0.5, 0.6) is 5.75 Å². The molecule has 0 aromatic heterocycles. The number of ether oxygens (including phenoxy) is 1. The van der Waals surface area contributed by atoms with Crippen LogP contribution in [-0.2, 0) is 19.1 Å². The van der Waals surface area contributed by atoms with Gasteiger partial charge in [-0.25, -0.2) is 0 Å². The monoisotopic (exact) mass is 533 g/mol. The molecule has 1 aromatic rings. The Morgan fingerprint density at radius 1 is 1.18 bits per heavy atom. The zero-order valence-electron chi connectivity index (χ0n) is 22.3. The second-order valence-corrected chi connectivity index (χ2v) is 10.1. The number of Topliss-reactive ketones (excluding diaryl/α,β-unsaturated/α-hetero) is 2. The van der Waals surface area contributed by atoms with Crippen molar-refractivity contribution in [3.63, 3.8) is 0 Å². The molecule has 1 heterocycles. The van der Waals surface area contributed by atoms with Gasteiger partial charge in [0.25, 0.3) is 5.91 Å². The molecule has 1 saturated heterocycles. The summed E-state index contributed by atoms with van der Waals surface area (Å²) in [6.07, 6.45) is 0.289. The van der Waals surface area contributed by atoms with Crippen molar-refractivity contribution >= 4 is 29.3 Å². The van der Waals surface area contributed by atoms with Crippen molar-refractivity contribution in [1.82, 2.24) is 10.6 Å². The molecule has 1 aliphatic heterocycles. The van der Waals surface area contributed by atoms with Crippen LogP contribution in [0.3, 0.4) is 0 Å². The molecule has 12 heteroatoms. The van der Waals surface area contributed by atoms with Gasteiger partial charge in [0.2, 0.25) is 5.91 Å². The summed E-state index contributed by atoms with van der Waals surface area (Å²) in [6.45, 7) is 6.57. The molecule has 0 radical (unpaired) electrons. The maximum Gasteiger partial charge on any atom is 0.252 e. The maximum absolute atomic E-state index is 13.2. The van der Waals surface area contributed by atoms with Gasteiger partial charge in [-0.1, -0.05) is 19.9 Å². The molecule has 0 aliphatic carbocycles. The number of hydrogen-bond donors (Lipinski definition) is 6. The average molecular weight is 534 g/mol. The minimum absolute atomic E-state index is 0.0463. The van der Waals surface area contributed by atoms with Crippen molar-refractivity contribution in [1.29, 1.82) is 0 Å². The predicted octanol–water partition coefficient (Wildman–Crippen LogP) is -0.0809. The molecule has 2 amide bonds. The molecule has 1 aromatic carbocycles. The van der Waals surface area contributed by atoms with E-state index in [2.05, 4.69) is 15.6 Å². The second kappa shape index (κ2) is 13.3. The van der Waals surface area contributed by atoms with Crippen LogP contribution in [0.15, 0.2) is 23.2 Å². The number of carbonyl (C=O) groups excluding carboxylic acids is 4. The number of ketones is 2. The molecule has 0 spiro atoms. The predicted molar refractivity (Wildman–Crippen MR) is 140 cm³/mol. The first-order chi connectivity index (χ1) is 17.8. The molecule has 1 aliphatic rings. The summed E-state index contributed by atoms with van der Waals surface area (Å²) in [4.78, 5) is 55.8. The fourth-order valence-corrected chi connectivity index (χ4v) is 4.00. The summed E-state index contributed by atoms with van der Waals surface area (Å²) in [6, 6.07) is 2.66. The normalized spacial score (nSPS) is 18.7. The third-order valence-electron chi connectivity index (χ3n) is 6.57. The van der Waals surface area contributed by atoms with E-state index in [0.29, 0.717) is 12.0 Å². The zero-order valence-corrected chi connectivity index (χ0v) is 22.3. The smallest absolute Gasteiger partial charge is 0.252 e. The summed E-state index contributed by atoms with van der Waals surface area (Å²) in [5.41, 5.74) is 10.3. The lowest BCUT2D eigenvalue weighted by molar-refractivity contribution is -0.135. The number of aliphatic hydroxyl groups excluding tert-OH is 1. The summed E-state index contributed by atoms with van der Waals surface area (Å²) in [5, 5.41) is 25.1. The largest absolute Gasteiger partial charge is 0.508 e. The molecule has 38 heavy (non-hydrogen) atoms. The van der Waals surface area contributed by atoms with Gasteiger partial charge in [-0.3, -0.25) is 24.2 Å². The number of carbonyl (C=O) groups is 4. The highest BCUT2D eigenvalue weighted by atomic mass is 16.6. The lowest BCUT2D eigenvalue weighted by atomic mass is 9.91. The summed E-state index contributed by atoms with van der Waals surface area (Å²) in [5.74, 6) is -3.55. The van der Waals surface area contributed by atoms with Crippen LogP contribution in [0, 0.1) is 18.8 Å². The third kappa shape index (κ3) is 8.25. The van der Waals surface area contributed by atoms with Gasteiger partial charge < -0.3 is 37.1 Å². The van der Waals surface area contributed by atoms with Crippen molar-refractivity contribution in [3.8, 4) is 5.75 Å². The molecule has 4 atom stereocenters. The fourth-order valence-electron chi connectivity index (χ4n) is 4.00. The second-order valence-electron chi connectivity index (χ2n) is 10.1. The van der Waals surface area contributed by atoms with Crippen LogP contribution < -0.4 is 22.1 Å². The van der Waals surface area contributed by atoms with Crippen LogP contribution in [-0.4, -0.2) is 77.0 Å². The molecule has 0 saturated carbocycles. The lowest BCUT2D eigenvalue weighted by Gasteiger charge is -2.25. The van der Waals surface area contributed by atoms with Gasteiger partial charge in [0.05, 0.1) is 31.2 Å². The van der Waals surface area contributed by atoms with E-state index in [4.69, 9.17) is 16.2 Å². The minimum Gasteiger partial charge on any atom is -0.508 e. The Morgan fingerprint density at radius 3 is 2.39 bits per heavy atom. The van der Waals surface area contributed by atoms with Gasteiger partial charge in [0.1, 0.15) is 11.4 Å². The number of epoxide rings is 1. The van der Waals surface area contributed by atoms with E-state index in [9.17, 15) is 29.4 Å². The molecule has 0 unspecified atom stereocenters. The van der Waals surface area contributed by atoms with Gasteiger partial charge in [-0.05, 0) is 44.7 Å². The topological polar surface area (TPSA) is 210 Å². The molecular weight excluding hydrogens is 494 g/mol. The van der Waals surface area contributed by atoms with Crippen LogP contribution in [0.25, 0.3) is 0 Å². The van der Waals surface area contributed by atoms with Gasteiger partial charge in [-0.2, -0.15) is 0 Å². The summed E-state index contributed by atoms with van der Waals surface area (Å²) in [7, 11) is 0. The number of nitrogens with two attached hydrogens (primary N) is 2. The number of aliphatic hydroxyl groups is 1. The highest BCUT2D eigenvalue weighted by Gasteiger charge is 2.50. The molecular formula is C26H39N5O7. The number of nitrogens with one attached hydrogen (secondary N) is 2. The number of benzene rings is 1. The van der Waals surface area contributed by atoms with Crippen molar-refractivity contribution < 1.29 is 34.1 Å². The van der Waals surface area contributed by atoms with E-state index in [-0.39, 0.29) is 55.0 Å². The van der Waals surface area contributed by atoms with Crippen LogP contribution in [0.4, 0.5) is 0 Å². The fraction of sp³-hybridized carbons (Fsp3) is 0.577. The van der Waals surface area contributed by atoms with Crippen LogP contribution in [0.2, 0.25) is 0 Å². The van der Waals surface area contributed by atoms with Gasteiger partial charge in [-0.15, -0.1) is 0 Å². The minimum atomic E-state index is -1.14. The number of phenolic OH excluding ortho intramolecular Hbond substituents is 1. The van der Waals surface area contributed by atoms with Gasteiger partial charge >= 0.3 is 0 Å². The average Bonchev–Trinajstić information content (AvgIpc) is 3.61. The number of aliphatic imine (C=N–C) groups is 1. The maximum atomic E-state index is 13.2. The van der Waals surface area contributed by atoms with E-state index < -0.39 is 47.8 Å². The van der Waals surface area contributed by atoms with Crippen molar-refractivity contribution in [2.75, 3.05) is 19.8 Å². The number of aromatic hydroxyl groups is 1. The van der Waals surface area contributed by atoms with Crippen LogP contribution in [0.1, 0.15) is 56.0 Å². The number of amides is 2. The molecule has 2 rings (SSSR count). The summed E-state index contributed by atoms with van der Waals surface area (Å²) >= 11 is 0. The number of rotatable bonds is 15. The highest BCUT2D eigenvalue weighted by molar-refractivity contribution is 6.01. The van der Waals surface area contributed by atoms with E-state index in [1.807, 2.05) is 0 Å². The van der Waals surface area contributed by atoms with Crippen LogP contribution >= 0.6 is 0 Å². The Labute approximate surface area is 222 Å². The van der Waals surface area contributed by atoms with E-state index >= 15 is 0 Å². The molecule has 0 bridgehead atoms. The Hall–Kier alpha value is -3.51. The van der Waals surface area contributed by atoms with E-state index in [0.717, 1.165) is 0 Å². The van der Waals surface area contributed by atoms with E-state index in [1.54, 1.807) is 27.7 Å². The number of hydrogen-bond acceptors (Lipinski definition) is 8.